The van der Waals surface area contributed by atoms with Crippen molar-refractivity contribution in [1.82, 2.24) is 30.7 Å². The fraction of sp³-hybridized carbons (Fsp3) is 0.591. The lowest BCUT2D eigenvalue weighted by Crippen LogP contribution is -2.42. The minimum atomic E-state index is 0. The van der Waals surface area contributed by atoms with E-state index in [9.17, 15) is 0 Å². The van der Waals surface area contributed by atoms with Crippen LogP contribution in [-0.4, -0.2) is 65.4 Å². The summed E-state index contributed by atoms with van der Waals surface area (Å²) in [5.74, 6) is 3.00. The van der Waals surface area contributed by atoms with Gasteiger partial charge in [0.1, 0.15) is 18.1 Å². The summed E-state index contributed by atoms with van der Waals surface area (Å²) in [6.45, 7) is 13.3. The number of guanidine groups is 1. The molecule has 9 heteroatoms. The highest BCUT2D eigenvalue weighted by Crippen LogP contribution is 2.19. The van der Waals surface area contributed by atoms with Crippen molar-refractivity contribution in [3.8, 4) is 17.1 Å². The van der Waals surface area contributed by atoms with E-state index in [2.05, 4.69) is 63.4 Å². The van der Waals surface area contributed by atoms with Crippen molar-refractivity contribution in [2.24, 2.45) is 4.99 Å². The van der Waals surface area contributed by atoms with Crippen LogP contribution in [0.5, 0.6) is 5.75 Å². The summed E-state index contributed by atoms with van der Waals surface area (Å²) in [6.07, 6.45) is 2.27. The van der Waals surface area contributed by atoms with Crippen LogP contribution in [0.15, 0.2) is 29.3 Å². The Hall–Kier alpha value is -1.88. The molecule has 0 spiro atoms. The van der Waals surface area contributed by atoms with Crippen molar-refractivity contribution in [3.05, 3.63) is 30.1 Å². The molecule has 1 aromatic carbocycles. The van der Waals surface area contributed by atoms with Crippen LogP contribution in [0.25, 0.3) is 11.4 Å². The van der Waals surface area contributed by atoms with Crippen LogP contribution in [0, 0.1) is 0 Å². The molecule has 0 fully saturated rings. The first kappa shape index (κ1) is 27.2. The van der Waals surface area contributed by atoms with Crippen molar-refractivity contribution in [2.75, 3.05) is 33.3 Å². The molecule has 0 aliphatic carbocycles. The van der Waals surface area contributed by atoms with E-state index in [1.165, 1.54) is 6.42 Å². The molecule has 2 aromatic rings. The predicted molar refractivity (Wildman–Crippen MR) is 138 cm³/mol. The molecule has 1 heterocycles. The highest BCUT2D eigenvalue weighted by molar-refractivity contribution is 14.0. The first-order valence-electron chi connectivity index (χ1n) is 10.9. The monoisotopic (exact) mass is 543 g/mol. The maximum Gasteiger partial charge on any atom is 0.191 e. The van der Waals surface area contributed by atoms with E-state index in [0.29, 0.717) is 18.4 Å². The van der Waals surface area contributed by atoms with Gasteiger partial charge in [-0.25, -0.2) is 9.98 Å². The number of hydrogen-bond acceptors (Lipinski definition) is 5. The maximum atomic E-state index is 5.19. The molecule has 2 rings (SSSR count). The van der Waals surface area contributed by atoms with Crippen molar-refractivity contribution >= 4 is 29.9 Å². The van der Waals surface area contributed by atoms with Gasteiger partial charge < -0.3 is 20.3 Å². The molecule has 0 saturated heterocycles. The molecule has 1 unspecified atom stereocenters. The van der Waals surface area contributed by atoms with Crippen molar-refractivity contribution in [3.63, 3.8) is 0 Å². The van der Waals surface area contributed by atoms with Crippen LogP contribution >= 0.6 is 24.0 Å². The fourth-order valence-corrected chi connectivity index (χ4v) is 3.18. The minimum Gasteiger partial charge on any atom is -0.497 e. The number of benzene rings is 1. The minimum absolute atomic E-state index is 0. The molecular weight excluding hydrogens is 505 g/mol. The molecular formula is C22H38IN7O. The first-order valence-corrected chi connectivity index (χ1v) is 10.9. The Morgan fingerprint density at radius 1 is 1.19 bits per heavy atom. The summed E-state index contributed by atoms with van der Waals surface area (Å²) in [6, 6.07) is 8.04. The Morgan fingerprint density at radius 2 is 1.90 bits per heavy atom. The zero-order chi connectivity index (χ0) is 21.8. The molecule has 0 bridgehead atoms. The largest absolute Gasteiger partial charge is 0.497 e. The molecule has 0 aliphatic rings. The average Bonchev–Trinajstić information content (AvgIpc) is 3.24. The van der Waals surface area contributed by atoms with E-state index in [1.54, 1.807) is 7.11 Å². The van der Waals surface area contributed by atoms with Gasteiger partial charge in [-0.2, -0.15) is 5.10 Å². The summed E-state index contributed by atoms with van der Waals surface area (Å²) < 4.78 is 5.19. The van der Waals surface area contributed by atoms with Crippen LogP contribution in [0.2, 0.25) is 0 Å². The smallest absolute Gasteiger partial charge is 0.191 e. The van der Waals surface area contributed by atoms with Gasteiger partial charge in [-0.05, 0) is 70.6 Å². The van der Waals surface area contributed by atoms with Gasteiger partial charge in [0.05, 0.1) is 7.11 Å². The number of aromatic amines is 1. The number of ether oxygens (including phenoxy) is 1. The van der Waals surface area contributed by atoms with Gasteiger partial charge >= 0.3 is 0 Å². The van der Waals surface area contributed by atoms with Crippen LogP contribution in [0.3, 0.4) is 0 Å². The molecule has 0 radical (unpaired) electrons. The SMILES string of the molecule is CCNC(=NCc1nc(-c2ccc(OC)cc2)n[nH]1)NC(C)CCCN(CC)CC.I. The third kappa shape index (κ3) is 9.42. The second-order valence-corrected chi connectivity index (χ2v) is 7.24. The standard InChI is InChI=1S/C22H37N7O.HI/c1-6-23-22(25-17(4)10-9-15-29(7-2)8-3)24-16-20-26-21(28-27-20)18-11-13-19(30-5)14-12-18;/h11-14,17H,6-10,15-16H2,1-5H3,(H2,23,24,25)(H,26,27,28);1H. The fourth-order valence-electron chi connectivity index (χ4n) is 3.18. The predicted octanol–water partition coefficient (Wildman–Crippen LogP) is 3.66. The second kappa shape index (κ2) is 15.0. The van der Waals surface area contributed by atoms with Crippen molar-refractivity contribution < 1.29 is 4.74 Å². The van der Waals surface area contributed by atoms with Crippen LogP contribution in [-0.2, 0) is 6.54 Å². The zero-order valence-corrected chi connectivity index (χ0v) is 21.8. The van der Waals surface area contributed by atoms with Gasteiger partial charge in [-0.1, -0.05) is 13.8 Å². The Bertz CT molecular complexity index is 759. The van der Waals surface area contributed by atoms with E-state index in [4.69, 9.17) is 4.74 Å². The second-order valence-electron chi connectivity index (χ2n) is 7.24. The van der Waals surface area contributed by atoms with Crippen LogP contribution < -0.4 is 15.4 Å². The lowest BCUT2D eigenvalue weighted by atomic mass is 10.2. The van der Waals surface area contributed by atoms with Gasteiger partial charge in [-0.3, -0.25) is 5.10 Å². The Morgan fingerprint density at radius 3 is 2.52 bits per heavy atom. The van der Waals surface area contributed by atoms with Gasteiger partial charge in [0.2, 0.25) is 0 Å². The number of aromatic nitrogens is 3. The molecule has 1 atom stereocenters. The summed E-state index contributed by atoms with van der Waals surface area (Å²) in [5.41, 5.74) is 0.939. The van der Waals surface area contributed by atoms with E-state index in [1.807, 2.05) is 24.3 Å². The third-order valence-corrected chi connectivity index (χ3v) is 5.00. The number of aliphatic imine (C=N–C) groups is 1. The quantitative estimate of drug-likeness (QED) is 0.215. The molecule has 0 amide bonds. The lowest BCUT2D eigenvalue weighted by molar-refractivity contribution is 0.292. The van der Waals surface area contributed by atoms with Crippen LogP contribution in [0.1, 0.15) is 46.4 Å². The Balaban J connectivity index is 0.00000480. The Kier molecular flexibility index (Phi) is 13.1. The Labute approximate surface area is 203 Å². The number of H-pyrrole nitrogens is 1. The molecule has 0 aliphatic heterocycles. The average molecular weight is 543 g/mol. The van der Waals surface area contributed by atoms with E-state index in [0.717, 1.165) is 55.7 Å². The first-order chi connectivity index (χ1) is 14.6. The summed E-state index contributed by atoms with van der Waals surface area (Å²) >= 11 is 0. The summed E-state index contributed by atoms with van der Waals surface area (Å²) in [7, 11) is 1.65. The third-order valence-electron chi connectivity index (χ3n) is 5.00. The normalized spacial score (nSPS) is 12.4. The molecule has 174 valence electrons. The number of halogens is 1. The van der Waals surface area contributed by atoms with Crippen molar-refractivity contribution in [1.29, 1.82) is 0 Å². The van der Waals surface area contributed by atoms with E-state index in [-0.39, 0.29) is 24.0 Å². The molecule has 31 heavy (non-hydrogen) atoms. The van der Waals surface area contributed by atoms with Crippen molar-refractivity contribution in [2.45, 2.75) is 53.1 Å². The van der Waals surface area contributed by atoms with Crippen LogP contribution in [0.4, 0.5) is 0 Å². The highest BCUT2D eigenvalue weighted by atomic mass is 127. The van der Waals surface area contributed by atoms with E-state index < -0.39 is 0 Å². The van der Waals surface area contributed by atoms with Gasteiger partial charge in [-0.15, -0.1) is 24.0 Å². The number of nitrogens with one attached hydrogen (secondary N) is 3. The van der Waals surface area contributed by atoms with Gasteiger partial charge in [0, 0.05) is 18.2 Å². The number of hydrogen-bond donors (Lipinski definition) is 3. The molecule has 0 saturated carbocycles. The number of rotatable bonds is 12. The summed E-state index contributed by atoms with van der Waals surface area (Å²) in [4.78, 5) is 11.7. The molecule has 1 aromatic heterocycles. The highest BCUT2D eigenvalue weighted by Gasteiger charge is 2.09. The number of methoxy groups -OCH3 is 1. The number of nitrogens with zero attached hydrogens (tertiary/aromatic N) is 4. The van der Waals surface area contributed by atoms with Gasteiger partial charge in [0.15, 0.2) is 11.8 Å². The van der Waals surface area contributed by atoms with E-state index >= 15 is 0 Å². The topological polar surface area (TPSA) is 90.5 Å². The lowest BCUT2D eigenvalue weighted by Gasteiger charge is -2.21. The summed E-state index contributed by atoms with van der Waals surface area (Å²) in [5, 5.41) is 14.1. The molecule has 3 N–H and O–H groups in total. The van der Waals surface area contributed by atoms with Gasteiger partial charge in [0.25, 0.3) is 0 Å². The molecule has 8 nitrogen and oxygen atoms in total. The maximum absolute atomic E-state index is 5.19. The zero-order valence-electron chi connectivity index (χ0n) is 19.4.